The molecule has 0 atom stereocenters. The van der Waals surface area contributed by atoms with Crippen molar-refractivity contribution >= 4 is 23.1 Å². The first-order valence-corrected chi connectivity index (χ1v) is 11.1. The lowest BCUT2D eigenvalue weighted by Crippen LogP contribution is -2.21. The van der Waals surface area contributed by atoms with E-state index < -0.39 is 0 Å². The van der Waals surface area contributed by atoms with E-state index in [1.165, 1.54) is 40.6 Å². The highest BCUT2D eigenvalue weighted by molar-refractivity contribution is 6.21. The summed E-state index contributed by atoms with van der Waals surface area (Å²) < 4.78 is 20.3. The fraction of sp³-hybridized carbons (Fsp3) is 0.520. The van der Waals surface area contributed by atoms with Gasteiger partial charge in [0.1, 0.15) is 0 Å². The number of hydrogen-bond acceptors (Lipinski definition) is 8. The molecule has 0 aliphatic heterocycles. The number of ketones is 4. The molecule has 0 aromatic rings. The lowest BCUT2D eigenvalue weighted by atomic mass is 9.93. The van der Waals surface area contributed by atoms with Crippen molar-refractivity contribution < 1.29 is 38.1 Å². The smallest absolute Gasteiger partial charge is 0.227 e. The molecule has 0 saturated carbocycles. The predicted molar refractivity (Wildman–Crippen MR) is 120 cm³/mol. The van der Waals surface area contributed by atoms with E-state index in [-0.39, 0.29) is 46.2 Å². The molecule has 0 heterocycles. The number of Topliss-reactive ketones (excluding diaryl/α,β-unsaturated/α-hetero) is 2. The number of rotatable bonds is 14. The zero-order valence-electron chi connectivity index (χ0n) is 19.8. The highest BCUT2D eigenvalue weighted by Crippen LogP contribution is 2.26. The lowest BCUT2D eigenvalue weighted by molar-refractivity contribution is -0.120. The minimum absolute atomic E-state index is 0.0498. The maximum Gasteiger partial charge on any atom is 0.227 e. The van der Waals surface area contributed by atoms with Crippen molar-refractivity contribution in [2.75, 3.05) is 28.4 Å². The fourth-order valence-electron chi connectivity index (χ4n) is 3.99. The minimum Gasteiger partial charge on any atom is -0.493 e. The monoisotopic (exact) mass is 460 g/mol. The van der Waals surface area contributed by atoms with Crippen LogP contribution in [-0.4, -0.2) is 51.6 Å². The quantitative estimate of drug-likeness (QED) is 0.286. The van der Waals surface area contributed by atoms with Crippen molar-refractivity contribution in [3.05, 3.63) is 46.3 Å². The zero-order chi connectivity index (χ0) is 24.4. The Morgan fingerprint density at radius 3 is 1.15 bits per heavy atom. The molecule has 0 aromatic heterocycles. The van der Waals surface area contributed by atoms with Gasteiger partial charge in [-0.15, -0.1) is 0 Å². The van der Waals surface area contributed by atoms with Gasteiger partial charge in [0.15, 0.2) is 23.0 Å². The van der Waals surface area contributed by atoms with Crippen molar-refractivity contribution in [1.82, 2.24) is 0 Å². The fourth-order valence-corrected chi connectivity index (χ4v) is 3.99. The maximum atomic E-state index is 12.4. The number of carbonyl (C=O) groups excluding carboxylic acids is 4. The van der Waals surface area contributed by atoms with Crippen LogP contribution in [0.2, 0.25) is 0 Å². The number of allylic oxidation sites excluding steroid dienone is 4. The maximum absolute atomic E-state index is 12.4. The van der Waals surface area contributed by atoms with Crippen LogP contribution in [0.3, 0.4) is 0 Å². The van der Waals surface area contributed by atoms with E-state index >= 15 is 0 Å². The van der Waals surface area contributed by atoms with E-state index in [9.17, 15) is 19.2 Å². The van der Waals surface area contributed by atoms with Gasteiger partial charge < -0.3 is 18.9 Å². The number of methoxy groups -OCH3 is 4. The summed E-state index contributed by atoms with van der Waals surface area (Å²) in [5.74, 6) is -0.964. The second-order valence-corrected chi connectivity index (χ2v) is 7.81. The van der Waals surface area contributed by atoms with E-state index in [0.29, 0.717) is 24.0 Å². The highest BCUT2D eigenvalue weighted by Gasteiger charge is 2.30. The molecule has 0 amide bonds. The van der Waals surface area contributed by atoms with Crippen molar-refractivity contribution in [2.45, 2.75) is 57.8 Å². The molecule has 8 nitrogen and oxygen atoms in total. The molecule has 0 unspecified atom stereocenters. The standard InChI is InChI=1S/C25H32O8/c1-30-20-14-18(26)24(32-3)16(22(20)28)12-10-8-6-5-7-9-11-13-17-23(29)21(31-2)15-19(27)25(17)33-4/h14-15H,5-13H2,1-4H3. The summed E-state index contributed by atoms with van der Waals surface area (Å²) in [5, 5.41) is 0. The summed E-state index contributed by atoms with van der Waals surface area (Å²) in [6, 6.07) is 0. The van der Waals surface area contributed by atoms with E-state index in [2.05, 4.69) is 0 Å². The molecule has 0 N–H and O–H groups in total. The molecule has 2 aliphatic rings. The van der Waals surface area contributed by atoms with Crippen LogP contribution in [-0.2, 0) is 38.1 Å². The van der Waals surface area contributed by atoms with Crippen LogP contribution in [0.15, 0.2) is 46.3 Å². The highest BCUT2D eigenvalue weighted by atomic mass is 16.5. The van der Waals surface area contributed by atoms with Crippen molar-refractivity contribution in [3.63, 3.8) is 0 Å². The van der Waals surface area contributed by atoms with Crippen LogP contribution >= 0.6 is 0 Å². The van der Waals surface area contributed by atoms with Gasteiger partial charge in [0.25, 0.3) is 0 Å². The van der Waals surface area contributed by atoms with Gasteiger partial charge in [-0.3, -0.25) is 19.2 Å². The average Bonchev–Trinajstić information content (AvgIpc) is 2.81. The summed E-state index contributed by atoms with van der Waals surface area (Å²) in [5.41, 5.74) is 0.750. The largest absolute Gasteiger partial charge is 0.493 e. The Kier molecular flexibility index (Phi) is 10.1. The number of unbranched alkanes of at least 4 members (excludes halogenated alkanes) is 6. The molecule has 0 bridgehead atoms. The van der Waals surface area contributed by atoms with Gasteiger partial charge in [0.05, 0.1) is 28.4 Å². The lowest BCUT2D eigenvalue weighted by Gasteiger charge is -2.17. The third kappa shape index (κ3) is 6.43. The SMILES string of the molecule is COC1=CC(=O)C(OC)=C(CCCCCCCCCC2=C(OC)C(=O)C=C(OC)C2=O)C1=O. The number of carbonyl (C=O) groups is 4. The predicted octanol–water partition coefficient (Wildman–Crippen LogP) is 3.66. The van der Waals surface area contributed by atoms with Gasteiger partial charge in [0.2, 0.25) is 23.1 Å². The molecule has 0 fully saturated rings. The first-order valence-electron chi connectivity index (χ1n) is 11.1. The molecule has 0 aromatic carbocycles. The van der Waals surface area contributed by atoms with Crippen LogP contribution in [0, 0.1) is 0 Å². The van der Waals surface area contributed by atoms with Gasteiger partial charge in [-0.1, -0.05) is 32.1 Å². The molecule has 2 rings (SSSR count). The summed E-state index contributed by atoms with van der Waals surface area (Å²) in [7, 11) is 5.52. The second-order valence-electron chi connectivity index (χ2n) is 7.81. The Morgan fingerprint density at radius 2 is 0.848 bits per heavy atom. The van der Waals surface area contributed by atoms with Crippen LogP contribution in [0.25, 0.3) is 0 Å². The molecule has 0 radical (unpaired) electrons. The van der Waals surface area contributed by atoms with E-state index in [1.54, 1.807) is 0 Å². The molecule has 180 valence electrons. The number of ether oxygens (including phenoxy) is 4. The summed E-state index contributed by atoms with van der Waals surface area (Å²) >= 11 is 0. The van der Waals surface area contributed by atoms with E-state index in [4.69, 9.17) is 18.9 Å². The topological polar surface area (TPSA) is 105 Å². The first-order chi connectivity index (χ1) is 15.9. The molecule has 0 saturated heterocycles. The summed E-state index contributed by atoms with van der Waals surface area (Å²) in [4.78, 5) is 49.0. The molecular weight excluding hydrogens is 428 g/mol. The van der Waals surface area contributed by atoms with Crippen molar-refractivity contribution in [2.24, 2.45) is 0 Å². The van der Waals surface area contributed by atoms with E-state index in [1.807, 2.05) is 0 Å². The normalized spacial score (nSPS) is 16.7. The van der Waals surface area contributed by atoms with Gasteiger partial charge in [-0.2, -0.15) is 0 Å². The van der Waals surface area contributed by atoms with Crippen LogP contribution < -0.4 is 0 Å². The van der Waals surface area contributed by atoms with E-state index in [0.717, 1.165) is 44.9 Å². The summed E-state index contributed by atoms with van der Waals surface area (Å²) in [6.45, 7) is 0. The molecule has 8 heteroatoms. The summed E-state index contributed by atoms with van der Waals surface area (Å²) in [6.07, 6.45) is 9.63. The van der Waals surface area contributed by atoms with Gasteiger partial charge in [-0.25, -0.2) is 0 Å². The Hall–Kier alpha value is -3.16. The van der Waals surface area contributed by atoms with Gasteiger partial charge in [-0.05, 0) is 25.7 Å². The molecule has 33 heavy (non-hydrogen) atoms. The second kappa shape index (κ2) is 12.8. The third-order valence-electron chi connectivity index (χ3n) is 5.72. The van der Waals surface area contributed by atoms with Crippen molar-refractivity contribution in [1.29, 1.82) is 0 Å². The molecule has 0 spiro atoms. The van der Waals surface area contributed by atoms with Gasteiger partial charge in [0, 0.05) is 23.3 Å². The Morgan fingerprint density at radius 1 is 0.515 bits per heavy atom. The third-order valence-corrected chi connectivity index (χ3v) is 5.72. The Labute approximate surface area is 194 Å². The van der Waals surface area contributed by atoms with Crippen LogP contribution in [0.4, 0.5) is 0 Å². The van der Waals surface area contributed by atoms with Gasteiger partial charge >= 0.3 is 0 Å². The van der Waals surface area contributed by atoms with Crippen LogP contribution in [0.5, 0.6) is 0 Å². The number of hydrogen-bond donors (Lipinski definition) is 0. The zero-order valence-corrected chi connectivity index (χ0v) is 19.8. The van der Waals surface area contributed by atoms with Crippen molar-refractivity contribution in [3.8, 4) is 0 Å². The molecular formula is C25H32O8. The van der Waals surface area contributed by atoms with Crippen LogP contribution in [0.1, 0.15) is 57.8 Å². The molecule has 2 aliphatic carbocycles. The average molecular weight is 461 g/mol. The Balaban J connectivity index is 1.70. The minimum atomic E-state index is -0.345. The Bertz CT molecular complexity index is 843. The first kappa shape index (κ1) is 26.1.